The summed E-state index contributed by atoms with van der Waals surface area (Å²) in [5.41, 5.74) is 8.60. The quantitative estimate of drug-likeness (QED) is 0.781. The number of aromatic nitrogens is 2. The van der Waals surface area contributed by atoms with Crippen LogP contribution in [-0.4, -0.2) is 15.9 Å². The van der Waals surface area contributed by atoms with Crippen LogP contribution in [0.1, 0.15) is 5.82 Å². The largest absolute Gasteiger partial charge is 0.330 e. The Kier molecular flexibility index (Phi) is 3.01. The van der Waals surface area contributed by atoms with Crippen LogP contribution >= 0.6 is 0 Å². The molecule has 0 saturated carbocycles. The Bertz CT molecular complexity index is 701. The first kappa shape index (κ1) is 11.9. The monoisotopic (exact) mass is 255 g/mol. The van der Waals surface area contributed by atoms with Gasteiger partial charge >= 0.3 is 0 Å². The number of hydrogen-bond acceptors (Lipinski definition) is 2. The van der Waals surface area contributed by atoms with Gasteiger partial charge in [0.2, 0.25) is 0 Å². The average Bonchev–Trinajstić information content (AvgIpc) is 2.84. The van der Waals surface area contributed by atoms with Gasteiger partial charge in [-0.1, -0.05) is 6.07 Å². The number of hydrogen-bond donors (Lipinski definition) is 1. The number of benzene rings is 1. The number of imidazole rings is 1. The van der Waals surface area contributed by atoms with E-state index in [1.807, 2.05) is 24.4 Å². The predicted molar refractivity (Wildman–Crippen MR) is 73.3 cm³/mol. The summed E-state index contributed by atoms with van der Waals surface area (Å²) in [5.74, 6) is 0.696. The fourth-order valence-corrected chi connectivity index (χ4v) is 2.26. The zero-order valence-corrected chi connectivity index (χ0v) is 10.4. The minimum atomic E-state index is -0.233. The van der Waals surface area contributed by atoms with E-state index in [-0.39, 0.29) is 5.82 Å². The molecule has 0 aliphatic carbocycles. The highest BCUT2D eigenvalue weighted by Gasteiger charge is 2.08. The predicted octanol–water partition coefficient (Wildman–Crippen LogP) is 2.64. The van der Waals surface area contributed by atoms with Gasteiger partial charge in [-0.2, -0.15) is 0 Å². The van der Waals surface area contributed by atoms with Gasteiger partial charge in [-0.05, 0) is 48.5 Å². The highest BCUT2D eigenvalue weighted by atomic mass is 19.1. The van der Waals surface area contributed by atoms with E-state index >= 15 is 0 Å². The molecule has 0 saturated heterocycles. The Morgan fingerprint density at radius 2 is 1.89 bits per heavy atom. The highest BCUT2D eigenvalue weighted by molar-refractivity contribution is 5.65. The lowest BCUT2D eigenvalue weighted by Gasteiger charge is -2.08. The number of halogens is 1. The Morgan fingerprint density at radius 1 is 1.11 bits per heavy atom. The summed E-state index contributed by atoms with van der Waals surface area (Å²) in [5, 5.41) is 0. The van der Waals surface area contributed by atoms with Crippen LogP contribution in [0.15, 0.2) is 48.7 Å². The molecular formula is C15H14FN3. The molecule has 96 valence electrons. The van der Waals surface area contributed by atoms with Crippen LogP contribution in [0.5, 0.6) is 0 Å². The van der Waals surface area contributed by atoms with Crippen molar-refractivity contribution < 1.29 is 4.39 Å². The molecule has 0 aliphatic rings. The molecule has 2 N–H and O–H groups in total. The molecule has 4 heteroatoms. The van der Waals surface area contributed by atoms with E-state index in [0.29, 0.717) is 13.0 Å². The lowest BCUT2D eigenvalue weighted by atomic mass is 10.1. The van der Waals surface area contributed by atoms with Gasteiger partial charge in [0.05, 0.1) is 17.4 Å². The molecule has 0 unspecified atom stereocenters. The second-order valence-electron chi connectivity index (χ2n) is 4.39. The van der Waals surface area contributed by atoms with Gasteiger partial charge < -0.3 is 5.73 Å². The Balaban J connectivity index is 2.22. The second kappa shape index (κ2) is 4.82. The third kappa shape index (κ3) is 2.11. The lowest BCUT2D eigenvalue weighted by molar-refractivity contribution is 0.628. The van der Waals surface area contributed by atoms with Crippen molar-refractivity contribution in [1.82, 2.24) is 9.38 Å². The first-order valence-electron chi connectivity index (χ1n) is 6.21. The van der Waals surface area contributed by atoms with Crippen molar-refractivity contribution in [3.8, 4) is 11.3 Å². The molecule has 1 aromatic carbocycles. The minimum Gasteiger partial charge on any atom is -0.330 e. The van der Waals surface area contributed by atoms with Gasteiger partial charge in [0.15, 0.2) is 0 Å². The first-order chi connectivity index (χ1) is 9.29. The molecule has 0 atom stereocenters. The van der Waals surface area contributed by atoms with Gasteiger partial charge in [0, 0.05) is 6.42 Å². The van der Waals surface area contributed by atoms with Crippen molar-refractivity contribution in [3.63, 3.8) is 0 Å². The standard InChI is InChI=1S/C15H14FN3/c16-12-6-4-11(5-7-12)14-3-1-2-13-10-18-15(8-9-17)19(13)14/h1-7,10H,8-9,17H2. The van der Waals surface area contributed by atoms with E-state index in [2.05, 4.69) is 9.38 Å². The summed E-state index contributed by atoms with van der Waals surface area (Å²) in [6.07, 6.45) is 2.55. The maximum atomic E-state index is 13.0. The van der Waals surface area contributed by atoms with Crippen molar-refractivity contribution in [2.75, 3.05) is 6.54 Å². The fraction of sp³-hybridized carbons (Fsp3) is 0.133. The van der Waals surface area contributed by atoms with Crippen LogP contribution in [0.4, 0.5) is 4.39 Å². The van der Waals surface area contributed by atoms with Gasteiger partial charge in [-0.3, -0.25) is 4.40 Å². The van der Waals surface area contributed by atoms with Crippen molar-refractivity contribution >= 4 is 5.52 Å². The molecule has 0 radical (unpaired) electrons. The topological polar surface area (TPSA) is 43.3 Å². The number of nitrogens with two attached hydrogens (primary N) is 1. The van der Waals surface area contributed by atoms with E-state index in [4.69, 9.17) is 5.73 Å². The molecule has 19 heavy (non-hydrogen) atoms. The number of rotatable bonds is 3. The van der Waals surface area contributed by atoms with Gasteiger partial charge in [0.1, 0.15) is 11.6 Å². The molecule has 0 spiro atoms. The molecule has 0 bridgehead atoms. The summed E-state index contributed by atoms with van der Waals surface area (Å²) < 4.78 is 15.1. The smallest absolute Gasteiger partial charge is 0.123 e. The summed E-state index contributed by atoms with van der Waals surface area (Å²) in [6, 6.07) is 12.5. The van der Waals surface area contributed by atoms with Crippen LogP contribution in [0, 0.1) is 5.82 Å². The van der Waals surface area contributed by atoms with Gasteiger partial charge in [-0.15, -0.1) is 0 Å². The maximum Gasteiger partial charge on any atom is 0.123 e. The Hall–Kier alpha value is -2.20. The summed E-state index contributed by atoms with van der Waals surface area (Å²) in [4.78, 5) is 4.40. The Morgan fingerprint density at radius 3 is 2.63 bits per heavy atom. The van der Waals surface area contributed by atoms with Crippen LogP contribution in [-0.2, 0) is 6.42 Å². The number of pyridine rings is 1. The first-order valence-corrected chi connectivity index (χ1v) is 6.21. The molecule has 0 aliphatic heterocycles. The number of nitrogens with zero attached hydrogens (tertiary/aromatic N) is 2. The molecule has 2 aromatic heterocycles. The lowest BCUT2D eigenvalue weighted by Crippen LogP contribution is -2.07. The van der Waals surface area contributed by atoms with Crippen molar-refractivity contribution in [2.24, 2.45) is 5.73 Å². The molecule has 3 rings (SSSR count). The Labute approximate surface area is 110 Å². The van der Waals surface area contributed by atoms with E-state index < -0.39 is 0 Å². The van der Waals surface area contributed by atoms with Crippen LogP contribution in [0.2, 0.25) is 0 Å². The van der Waals surface area contributed by atoms with E-state index in [1.165, 1.54) is 12.1 Å². The normalized spacial score (nSPS) is 11.1. The molecule has 2 heterocycles. The average molecular weight is 255 g/mol. The summed E-state index contributed by atoms with van der Waals surface area (Å²) in [7, 11) is 0. The summed E-state index contributed by atoms with van der Waals surface area (Å²) >= 11 is 0. The maximum absolute atomic E-state index is 13.0. The van der Waals surface area contributed by atoms with Crippen LogP contribution in [0.25, 0.3) is 16.8 Å². The van der Waals surface area contributed by atoms with Crippen molar-refractivity contribution in [2.45, 2.75) is 6.42 Å². The molecule has 0 amide bonds. The van der Waals surface area contributed by atoms with Gasteiger partial charge in [0.25, 0.3) is 0 Å². The van der Waals surface area contributed by atoms with E-state index in [9.17, 15) is 4.39 Å². The molecular weight excluding hydrogens is 241 g/mol. The minimum absolute atomic E-state index is 0.233. The van der Waals surface area contributed by atoms with E-state index in [1.54, 1.807) is 12.1 Å². The summed E-state index contributed by atoms with van der Waals surface area (Å²) in [6.45, 7) is 0.552. The van der Waals surface area contributed by atoms with Gasteiger partial charge in [-0.25, -0.2) is 9.37 Å². The number of fused-ring (bicyclic) bond motifs is 1. The second-order valence-corrected chi connectivity index (χ2v) is 4.39. The van der Waals surface area contributed by atoms with Crippen molar-refractivity contribution in [3.05, 3.63) is 60.3 Å². The third-order valence-electron chi connectivity index (χ3n) is 3.13. The van der Waals surface area contributed by atoms with Crippen LogP contribution in [0.3, 0.4) is 0 Å². The van der Waals surface area contributed by atoms with Crippen LogP contribution < -0.4 is 5.73 Å². The van der Waals surface area contributed by atoms with E-state index in [0.717, 1.165) is 22.6 Å². The zero-order valence-electron chi connectivity index (χ0n) is 10.4. The third-order valence-corrected chi connectivity index (χ3v) is 3.13. The SMILES string of the molecule is NCCc1ncc2cccc(-c3ccc(F)cc3)n12. The van der Waals surface area contributed by atoms with Crippen molar-refractivity contribution in [1.29, 1.82) is 0 Å². The zero-order chi connectivity index (χ0) is 13.2. The highest BCUT2D eigenvalue weighted by Crippen LogP contribution is 2.22. The molecule has 3 nitrogen and oxygen atoms in total. The fourth-order valence-electron chi connectivity index (χ4n) is 2.26. The molecule has 3 aromatic rings. The molecule has 0 fully saturated rings.